The molecule has 1 saturated carbocycles. The molecule has 0 aromatic heterocycles. The van der Waals surface area contributed by atoms with E-state index in [2.05, 4.69) is 23.5 Å². The Morgan fingerprint density at radius 1 is 1.17 bits per heavy atom. The summed E-state index contributed by atoms with van der Waals surface area (Å²) in [4.78, 5) is 23.9. The van der Waals surface area contributed by atoms with E-state index in [0.717, 1.165) is 31.2 Å². The molecule has 2 aliphatic carbocycles. The number of nitrogens with zero attached hydrogens (tertiary/aromatic N) is 1. The quantitative estimate of drug-likeness (QED) is 0.841. The minimum atomic E-state index is -0.774. The smallest absolute Gasteiger partial charge is 0.310 e. The second-order valence-corrected chi connectivity index (χ2v) is 6.74. The van der Waals surface area contributed by atoms with Crippen molar-refractivity contribution in [2.45, 2.75) is 56.9 Å². The number of aryl methyl sites for hydroxylation is 2. The number of esters is 1. The second kappa shape index (κ2) is 7.04. The Balaban J connectivity index is 1.47. The Morgan fingerprint density at radius 2 is 1.92 bits per heavy atom. The Kier molecular flexibility index (Phi) is 4.84. The molecule has 24 heavy (non-hydrogen) atoms. The van der Waals surface area contributed by atoms with Gasteiger partial charge in [-0.2, -0.15) is 5.26 Å². The number of amides is 1. The molecule has 0 atom stereocenters. The highest BCUT2D eigenvalue weighted by Gasteiger charge is 2.35. The van der Waals surface area contributed by atoms with E-state index >= 15 is 0 Å². The fourth-order valence-corrected chi connectivity index (χ4v) is 3.65. The lowest BCUT2D eigenvalue weighted by atomic mass is 10.00. The lowest BCUT2D eigenvalue weighted by molar-refractivity contribution is -0.148. The number of nitrogens with one attached hydrogen (secondary N) is 1. The van der Waals surface area contributed by atoms with Gasteiger partial charge in [-0.05, 0) is 61.6 Å². The van der Waals surface area contributed by atoms with Gasteiger partial charge in [0.05, 0.1) is 12.5 Å². The molecule has 0 saturated heterocycles. The van der Waals surface area contributed by atoms with Crippen molar-refractivity contribution in [3.8, 4) is 6.07 Å². The van der Waals surface area contributed by atoms with Gasteiger partial charge in [0.15, 0.2) is 6.61 Å². The molecule has 5 heteroatoms. The van der Waals surface area contributed by atoms with Gasteiger partial charge in [-0.25, -0.2) is 0 Å². The van der Waals surface area contributed by atoms with Crippen LogP contribution in [0.3, 0.4) is 0 Å². The average molecular weight is 326 g/mol. The van der Waals surface area contributed by atoms with Crippen LogP contribution in [-0.2, 0) is 33.6 Å². The average Bonchev–Trinajstić information content (AvgIpc) is 3.22. The first-order chi connectivity index (χ1) is 11.6. The van der Waals surface area contributed by atoms with Gasteiger partial charge < -0.3 is 10.1 Å². The zero-order valence-corrected chi connectivity index (χ0v) is 13.8. The largest absolute Gasteiger partial charge is 0.455 e. The van der Waals surface area contributed by atoms with Crippen LogP contribution in [0.4, 0.5) is 0 Å². The summed E-state index contributed by atoms with van der Waals surface area (Å²) in [5.41, 5.74) is 2.83. The molecule has 1 aromatic carbocycles. The molecule has 0 unspecified atom stereocenters. The maximum Gasteiger partial charge on any atom is 0.310 e. The number of carbonyl (C=O) groups excluding carboxylic acids is 2. The maximum atomic E-state index is 11.9. The lowest BCUT2D eigenvalue weighted by Gasteiger charge is -2.21. The van der Waals surface area contributed by atoms with E-state index in [-0.39, 0.29) is 13.0 Å². The predicted molar refractivity (Wildman–Crippen MR) is 88.1 cm³/mol. The highest BCUT2D eigenvalue weighted by atomic mass is 16.5. The number of hydrogen-bond acceptors (Lipinski definition) is 4. The summed E-state index contributed by atoms with van der Waals surface area (Å²) >= 11 is 0. The van der Waals surface area contributed by atoms with Gasteiger partial charge in [0.1, 0.15) is 5.54 Å². The summed E-state index contributed by atoms with van der Waals surface area (Å²) in [6.45, 7) is -0.326. The first-order valence-corrected chi connectivity index (χ1v) is 8.59. The Morgan fingerprint density at radius 3 is 2.67 bits per heavy atom. The lowest BCUT2D eigenvalue weighted by Crippen LogP contribution is -2.46. The van der Waals surface area contributed by atoms with Gasteiger partial charge in [0.2, 0.25) is 0 Å². The molecule has 0 radical (unpaired) electrons. The fourth-order valence-electron chi connectivity index (χ4n) is 3.65. The number of nitriles is 1. The summed E-state index contributed by atoms with van der Waals surface area (Å²) in [7, 11) is 0. The van der Waals surface area contributed by atoms with Crippen LogP contribution >= 0.6 is 0 Å². The van der Waals surface area contributed by atoms with Gasteiger partial charge in [-0.1, -0.05) is 18.2 Å². The van der Waals surface area contributed by atoms with E-state index < -0.39 is 17.4 Å². The minimum absolute atomic E-state index is 0.171. The summed E-state index contributed by atoms with van der Waals surface area (Å²) < 4.78 is 5.07. The molecule has 0 bridgehead atoms. The van der Waals surface area contributed by atoms with Crippen molar-refractivity contribution in [2.75, 3.05) is 6.61 Å². The van der Waals surface area contributed by atoms with E-state index in [9.17, 15) is 14.9 Å². The molecule has 1 N–H and O–H groups in total. The van der Waals surface area contributed by atoms with E-state index in [4.69, 9.17) is 4.74 Å². The normalized spacial score (nSPS) is 17.8. The molecule has 126 valence electrons. The van der Waals surface area contributed by atoms with Crippen LogP contribution in [0.5, 0.6) is 0 Å². The third-order valence-electron chi connectivity index (χ3n) is 4.93. The van der Waals surface area contributed by atoms with Crippen molar-refractivity contribution < 1.29 is 14.3 Å². The van der Waals surface area contributed by atoms with Gasteiger partial charge in [0.25, 0.3) is 5.91 Å². The maximum absolute atomic E-state index is 11.9. The summed E-state index contributed by atoms with van der Waals surface area (Å²) in [6.07, 6.45) is 6.72. The van der Waals surface area contributed by atoms with Crippen molar-refractivity contribution in [3.05, 3.63) is 34.9 Å². The molecule has 2 aliphatic rings. The third kappa shape index (κ3) is 3.76. The van der Waals surface area contributed by atoms with E-state index in [1.165, 1.54) is 17.5 Å². The highest BCUT2D eigenvalue weighted by Crippen LogP contribution is 2.28. The van der Waals surface area contributed by atoms with Gasteiger partial charge >= 0.3 is 5.97 Å². The Hall–Kier alpha value is -2.35. The standard InChI is InChI=1S/C19H22N2O3/c20-13-19(8-1-2-9-19)21-17(22)12-24-18(23)11-14-6-7-15-4-3-5-16(15)10-14/h6-7,10H,1-5,8-9,11-12H2,(H,21,22). The Labute approximate surface area is 142 Å². The molecule has 5 nitrogen and oxygen atoms in total. The van der Waals surface area contributed by atoms with Gasteiger partial charge in [-0.3, -0.25) is 9.59 Å². The number of carbonyl (C=O) groups is 2. The Bertz CT molecular complexity index is 684. The topological polar surface area (TPSA) is 79.2 Å². The number of benzene rings is 1. The molecule has 0 aliphatic heterocycles. The van der Waals surface area contributed by atoms with Crippen molar-refractivity contribution in [3.63, 3.8) is 0 Å². The number of fused-ring (bicyclic) bond motifs is 1. The number of rotatable bonds is 5. The number of ether oxygens (including phenoxy) is 1. The van der Waals surface area contributed by atoms with Crippen LogP contribution < -0.4 is 5.32 Å². The zero-order chi connectivity index (χ0) is 17.0. The van der Waals surface area contributed by atoms with Crippen molar-refractivity contribution in [2.24, 2.45) is 0 Å². The monoisotopic (exact) mass is 326 g/mol. The van der Waals surface area contributed by atoms with Gasteiger partial charge in [-0.15, -0.1) is 0 Å². The summed E-state index contributed by atoms with van der Waals surface area (Å²) in [5.74, 6) is -0.818. The number of hydrogen-bond donors (Lipinski definition) is 1. The minimum Gasteiger partial charge on any atom is -0.455 e. The molecule has 1 aromatic rings. The van der Waals surface area contributed by atoms with Crippen molar-refractivity contribution in [1.29, 1.82) is 5.26 Å². The van der Waals surface area contributed by atoms with Crippen LogP contribution in [0.15, 0.2) is 18.2 Å². The first kappa shape index (κ1) is 16.5. The van der Waals surface area contributed by atoms with Crippen LogP contribution in [0.2, 0.25) is 0 Å². The fraction of sp³-hybridized carbons (Fsp3) is 0.526. The highest BCUT2D eigenvalue weighted by molar-refractivity contribution is 5.82. The molecular weight excluding hydrogens is 304 g/mol. The zero-order valence-electron chi connectivity index (χ0n) is 13.8. The molecule has 1 fully saturated rings. The van der Waals surface area contributed by atoms with Crippen LogP contribution in [-0.4, -0.2) is 24.0 Å². The SMILES string of the molecule is N#CC1(NC(=O)COC(=O)Cc2ccc3c(c2)CCC3)CCCC1. The van der Waals surface area contributed by atoms with Crippen molar-refractivity contribution >= 4 is 11.9 Å². The molecule has 3 rings (SSSR count). The van der Waals surface area contributed by atoms with E-state index in [1.54, 1.807) is 0 Å². The van der Waals surface area contributed by atoms with E-state index in [0.29, 0.717) is 12.8 Å². The second-order valence-electron chi connectivity index (χ2n) is 6.74. The first-order valence-electron chi connectivity index (χ1n) is 8.59. The predicted octanol–water partition coefficient (Wildman–Crippen LogP) is 2.21. The van der Waals surface area contributed by atoms with Crippen molar-refractivity contribution in [1.82, 2.24) is 5.32 Å². The molecular formula is C19H22N2O3. The van der Waals surface area contributed by atoms with E-state index in [1.807, 2.05) is 6.07 Å². The molecule has 1 amide bonds. The van der Waals surface area contributed by atoms with Crippen LogP contribution in [0, 0.1) is 11.3 Å². The van der Waals surface area contributed by atoms with Crippen LogP contribution in [0.1, 0.15) is 48.8 Å². The summed E-state index contributed by atoms with van der Waals surface area (Å²) in [5, 5.41) is 12.0. The third-order valence-corrected chi connectivity index (χ3v) is 4.93. The van der Waals surface area contributed by atoms with Gasteiger partial charge in [0, 0.05) is 0 Å². The molecule has 0 spiro atoms. The van der Waals surface area contributed by atoms with Crippen LogP contribution in [0.25, 0.3) is 0 Å². The molecule has 0 heterocycles. The summed E-state index contributed by atoms with van der Waals surface area (Å²) in [6, 6.07) is 8.28.